The van der Waals surface area contributed by atoms with Gasteiger partial charge in [-0.1, -0.05) is 29.8 Å². The van der Waals surface area contributed by atoms with E-state index in [0.29, 0.717) is 43.7 Å². The number of hydrogen-bond acceptors (Lipinski definition) is 4. The number of anilines is 2. The second-order valence-electron chi connectivity index (χ2n) is 8.49. The molecule has 2 heterocycles. The quantitative estimate of drug-likeness (QED) is 0.807. The number of benzene rings is 2. The summed E-state index contributed by atoms with van der Waals surface area (Å²) in [5, 5.41) is 12.0. The van der Waals surface area contributed by atoms with Crippen LogP contribution in [0.4, 0.5) is 11.4 Å². The molecule has 4 rings (SSSR count). The van der Waals surface area contributed by atoms with Crippen molar-refractivity contribution >= 4 is 29.1 Å². The molecule has 2 fully saturated rings. The van der Waals surface area contributed by atoms with Gasteiger partial charge in [-0.25, -0.2) is 0 Å². The van der Waals surface area contributed by atoms with E-state index >= 15 is 0 Å². The Balaban J connectivity index is 1.32. The maximum Gasteiger partial charge on any atom is 0.228 e. The summed E-state index contributed by atoms with van der Waals surface area (Å²) < 4.78 is 0. The lowest BCUT2D eigenvalue weighted by atomic mass is 9.94. The summed E-state index contributed by atoms with van der Waals surface area (Å²) in [4.78, 5) is 41.7. The lowest BCUT2D eigenvalue weighted by Crippen LogP contribution is -2.44. The van der Waals surface area contributed by atoms with Crippen molar-refractivity contribution in [3.8, 4) is 6.07 Å². The zero-order valence-corrected chi connectivity index (χ0v) is 18.1. The van der Waals surface area contributed by atoms with Crippen molar-refractivity contribution in [3.63, 3.8) is 0 Å². The Kier molecular flexibility index (Phi) is 6.22. The maximum atomic E-state index is 13.0. The average Bonchev–Trinajstić information content (AvgIpc) is 3.21. The predicted molar refractivity (Wildman–Crippen MR) is 121 cm³/mol. The van der Waals surface area contributed by atoms with Crippen LogP contribution in [0.3, 0.4) is 0 Å². The first kappa shape index (κ1) is 21.6. The van der Waals surface area contributed by atoms with Gasteiger partial charge < -0.3 is 15.1 Å². The fourth-order valence-corrected chi connectivity index (χ4v) is 4.39. The molecule has 0 radical (unpaired) electrons. The Hall–Kier alpha value is -3.66. The van der Waals surface area contributed by atoms with Crippen molar-refractivity contribution < 1.29 is 14.4 Å². The van der Waals surface area contributed by atoms with E-state index in [1.807, 2.05) is 31.2 Å². The summed E-state index contributed by atoms with van der Waals surface area (Å²) in [6.45, 7) is 3.37. The fraction of sp³-hybridized carbons (Fsp3) is 0.360. The predicted octanol–water partition coefficient (Wildman–Crippen LogP) is 3.10. The number of piperidine rings is 1. The van der Waals surface area contributed by atoms with E-state index in [1.165, 1.54) is 0 Å². The van der Waals surface area contributed by atoms with Gasteiger partial charge in [-0.05, 0) is 44.0 Å². The molecular weight excluding hydrogens is 404 g/mol. The summed E-state index contributed by atoms with van der Waals surface area (Å²) in [5.41, 5.74) is 2.89. The van der Waals surface area contributed by atoms with Crippen molar-refractivity contribution in [1.29, 1.82) is 5.26 Å². The number of rotatable bonds is 4. The first-order valence-corrected chi connectivity index (χ1v) is 10.9. The highest BCUT2D eigenvalue weighted by molar-refractivity contribution is 6.00. The van der Waals surface area contributed by atoms with E-state index < -0.39 is 0 Å². The van der Waals surface area contributed by atoms with Gasteiger partial charge in [0, 0.05) is 37.7 Å². The normalized spacial score (nSPS) is 19.0. The van der Waals surface area contributed by atoms with Gasteiger partial charge in [0.15, 0.2) is 0 Å². The van der Waals surface area contributed by atoms with Gasteiger partial charge in [0.2, 0.25) is 17.7 Å². The molecule has 2 aliphatic rings. The van der Waals surface area contributed by atoms with Crippen LogP contribution in [0.1, 0.15) is 30.4 Å². The molecule has 2 aromatic rings. The number of para-hydroxylation sites is 1. The van der Waals surface area contributed by atoms with Gasteiger partial charge in [-0.2, -0.15) is 5.26 Å². The van der Waals surface area contributed by atoms with E-state index in [4.69, 9.17) is 0 Å². The van der Waals surface area contributed by atoms with Gasteiger partial charge in [-0.15, -0.1) is 0 Å². The Bertz CT molecular complexity index is 1070. The summed E-state index contributed by atoms with van der Waals surface area (Å²) in [5.74, 6) is -0.725. The van der Waals surface area contributed by atoms with Crippen LogP contribution in [-0.2, 0) is 14.4 Å². The zero-order chi connectivity index (χ0) is 22.7. The van der Waals surface area contributed by atoms with Crippen LogP contribution in [0.25, 0.3) is 0 Å². The highest BCUT2D eigenvalue weighted by Crippen LogP contribution is 2.28. The van der Waals surface area contributed by atoms with E-state index in [-0.39, 0.29) is 36.0 Å². The Labute approximate surface area is 187 Å². The second-order valence-corrected chi connectivity index (χ2v) is 8.49. The van der Waals surface area contributed by atoms with Crippen LogP contribution in [0, 0.1) is 30.1 Å². The van der Waals surface area contributed by atoms with Crippen LogP contribution in [-0.4, -0.2) is 42.3 Å². The average molecular weight is 431 g/mol. The van der Waals surface area contributed by atoms with Gasteiger partial charge in [0.1, 0.15) is 6.07 Å². The third-order valence-corrected chi connectivity index (χ3v) is 6.30. The van der Waals surface area contributed by atoms with Crippen molar-refractivity contribution in [3.05, 3.63) is 59.7 Å². The van der Waals surface area contributed by atoms with E-state index in [9.17, 15) is 19.6 Å². The van der Waals surface area contributed by atoms with Gasteiger partial charge in [0.25, 0.3) is 0 Å². The third-order valence-electron chi connectivity index (χ3n) is 6.30. The number of carbonyl (C=O) groups is 3. The number of nitrogens with zero attached hydrogens (tertiary/aromatic N) is 3. The first-order valence-electron chi connectivity index (χ1n) is 10.9. The lowest BCUT2D eigenvalue weighted by molar-refractivity contribution is -0.138. The number of aryl methyl sites for hydroxylation is 1. The summed E-state index contributed by atoms with van der Waals surface area (Å²) >= 11 is 0. The molecule has 7 heteroatoms. The van der Waals surface area contributed by atoms with E-state index in [1.54, 1.807) is 34.1 Å². The summed E-state index contributed by atoms with van der Waals surface area (Å²) in [6, 6.07) is 16.7. The molecule has 3 amide bonds. The number of nitrogens with one attached hydrogen (secondary N) is 1. The third kappa shape index (κ3) is 4.50. The molecule has 7 nitrogen and oxygen atoms in total. The molecule has 164 valence electrons. The van der Waals surface area contributed by atoms with Crippen molar-refractivity contribution in [1.82, 2.24) is 4.90 Å². The first-order chi connectivity index (χ1) is 15.5. The molecule has 2 aliphatic heterocycles. The second kappa shape index (κ2) is 9.23. The SMILES string of the molecule is Cc1ccc(N2CC(C(=O)N3CCC(C(=O)Nc4ccccc4C#N)CC3)CC2=O)cc1. The van der Waals surface area contributed by atoms with Gasteiger partial charge in [-0.3, -0.25) is 14.4 Å². The fourth-order valence-electron chi connectivity index (χ4n) is 4.39. The minimum Gasteiger partial charge on any atom is -0.342 e. The maximum absolute atomic E-state index is 13.0. The molecule has 0 spiro atoms. The highest BCUT2D eigenvalue weighted by atomic mass is 16.2. The van der Waals surface area contributed by atoms with Gasteiger partial charge >= 0.3 is 0 Å². The molecule has 0 aliphatic carbocycles. The molecule has 0 bridgehead atoms. The smallest absolute Gasteiger partial charge is 0.228 e. The largest absolute Gasteiger partial charge is 0.342 e. The highest BCUT2D eigenvalue weighted by Gasteiger charge is 2.38. The number of nitriles is 1. The molecular formula is C25H26N4O3. The molecule has 1 atom stereocenters. The zero-order valence-electron chi connectivity index (χ0n) is 18.1. The number of carbonyl (C=O) groups excluding carboxylic acids is 3. The van der Waals surface area contributed by atoms with Gasteiger partial charge in [0.05, 0.1) is 17.2 Å². The molecule has 32 heavy (non-hydrogen) atoms. The molecule has 0 aromatic heterocycles. The lowest BCUT2D eigenvalue weighted by Gasteiger charge is -2.33. The van der Waals surface area contributed by atoms with Crippen molar-refractivity contribution in [2.75, 3.05) is 29.9 Å². The number of amides is 3. The summed E-state index contributed by atoms with van der Waals surface area (Å²) in [6.07, 6.45) is 1.35. The number of hydrogen-bond donors (Lipinski definition) is 1. The molecule has 2 aromatic carbocycles. The molecule has 0 saturated carbocycles. The van der Waals surface area contributed by atoms with Crippen LogP contribution >= 0.6 is 0 Å². The van der Waals surface area contributed by atoms with E-state index in [0.717, 1.165) is 11.3 Å². The Morgan fingerprint density at radius 3 is 2.41 bits per heavy atom. The number of likely N-dealkylation sites (tertiary alicyclic amines) is 1. The van der Waals surface area contributed by atoms with Crippen LogP contribution in [0.2, 0.25) is 0 Å². The minimum absolute atomic E-state index is 0.0124. The Morgan fingerprint density at radius 2 is 1.72 bits per heavy atom. The van der Waals surface area contributed by atoms with Crippen LogP contribution < -0.4 is 10.2 Å². The molecule has 1 unspecified atom stereocenters. The van der Waals surface area contributed by atoms with E-state index in [2.05, 4.69) is 11.4 Å². The van der Waals surface area contributed by atoms with Crippen LogP contribution in [0.5, 0.6) is 0 Å². The van der Waals surface area contributed by atoms with Crippen molar-refractivity contribution in [2.45, 2.75) is 26.2 Å². The molecule has 2 saturated heterocycles. The summed E-state index contributed by atoms with van der Waals surface area (Å²) in [7, 11) is 0. The monoisotopic (exact) mass is 430 g/mol. The molecule has 1 N–H and O–H groups in total. The van der Waals surface area contributed by atoms with Crippen LogP contribution in [0.15, 0.2) is 48.5 Å². The standard InChI is InChI=1S/C25H26N4O3/c1-17-6-8-21(9-7-17)29-16-20(14-23(29)30)25(32)28-12-10-18(11-13-28)24(31)27-22-5-3-2-4-19(22)15-26/h2-9,18,20H,10-14,16H2,1H3,(H,27,31). The Morgan fingerprint density at radius 1 is 1.03 bits per heavy atom. The minimum atomic E-state index is -0.350. The topological polar surface area (TPSA) is 93.5 Å². The van der Waals surface area contributed by atoms with Crippen molar-refractivity contribution in [2.24, 2.45) is 11.8 Å².